The van der Waals surface area contributed by atoms with Crippen molar-refractivity contribution >= 4 is 17.2 Å². The van der Waals surface area contributed by atoms with E-state index < -0.39 is 0 Å². The first-order valence-corrected chi connectivity index (χ1v) is 8.61. The first-order chi connectivity index (χ1) is 11.3. The SMILES string of the molecule is O=C(Cc1csc(-c2ccncc2)n1)NCCN1CCOCC1. The molecule has 0 radical (unpaired) electrons. The zero-order valence-corrected chi connectivity index (χ0v) is 13.7. The molecule has 0 unspecified atom stereocenters. The standard InChI is InChI=1S/C16H20N4O2S/c21-15(18-5-6-20-7-9-22-10-8-20)11-14-12-23-16(19-14)13-1-3-17-4-2-13/h1-4,12H,5-11H2,(H,18,21). The van der Waals surface area contributed by atoms with Gasteiger partial charge in [0.25, 0.3) is 0 Å². The van der Waals surface area contributed by atoms with Crippen LogP contribution in [0.25, 0.3) is 10.6 Å². The van der Waals surface area contributed by atoms with Crippen molar-refractivity contribution in [1.29, 1.82) is 0 Å². The molecule has 0 bridgehead atoms. The van der Waals surface area contributed by atoms with E-state index in [0.717, 1.165) is 49.1 Å². The largest absolute Gasteiger partial charge is 0.379 e. The lowest BCUT2D eigenvalue weighted by molar-refractivity contribution is -0.120. The molecule has 122 valence electrons. The van der Waals surface area contributed by atoms with Crippen molar-refractivity contribution in [3.63, 3.8) is 0 Å². The van der Waals surface area contributed by atoms with Crippen LogP contribution in [-0.2, 0) is 16.0 Å². The lowest BCUT2D eigenvalue weighted by Gasteiger charge is -2.26. The van der Waals surface area contributed by atoms with Gasteiger partial charge in [0.05, 0.1) is 25.3 Å². The minimum absolute atomic E-state index is 0.0184. The molecule has 2 aromatic heterocycles. The van der Waals surface area contributed by atoms with Gasteiger partial charge in [-0.1, -0.05) is 0 Å². The third-order valence-corrected chi connectivity index (χ3v) is 4.61. The summed E-state index contributed by atoms with van der Waals surface area (Å²) in [4.78, 5) is 22.8. The highest BCUT2D eigenvalue weighted by Crippen LogP contribution is 2.22. The van der Waals surface area contributed by atoms with E-state index in [1.807, 2.05) is 17.5 Å². The Labute approximate surface area is 139 Å². The summed E-state index contributed by atoms with van der Waals surface area (Å²) >= 11 is 1.55. The zero-order chi connectivity index (χ0) is 15.9. The number of hydrogen-bond acceptors (Lipinski definition) is 6. The number of pyridine rings is 1. The van der Waals surface area contributed by atoms with Gasteiger partial charge in [0.2, 0.25) is 5.91 Å². The number of hydrogen-bond donors (Lipinski definition) is 1. The van der Waals surface area contributed by atoms with Crippen molar-refractivity contribution in [2.75, 3.05) is 39.4 Å². The second-order valence-corrected chi connectivity index (χ2v) is 6.22. The maximum absolute atomic E-state index is 12.0. The van der Waals surface area contributed by atoms with Crippen molar-refractivity contribution in [3.05, 3.63) is 35.6 Å². The van der Waals surface area contributed by atoms with Gasteiger partial charge >= 0.3 is 0 Å². The Morgan fingerprint density at radius 1 is 1.30 bits per heavy atom. The van der Waals surface area contributed by atoms with E-state index >= 15 is 0 Å². The summed E-state index contributed by atoms with van der Waals surface area (Å²) in [6.45, 7) is 4.98. The number of morpholine rings is 1. The number of carbonyl (C=O) groups is 1. The second kappa shape index (κ2) is 8.14. The summed E-state index contributed by atoms with van der Waals surface area (Å²) in [7, 11) is 0. The molecule has 1 saturated heterocycles. The predicted octanol–water partition coefficient (Wildman–Crippen LogP) is 1.20. The van der Waals surface area contributed by atoms with Crippen LogP contribution in [0, 0.1) is 0 Å². The van der Waals surface area contributed by atoms with Crippen molar-refractivity contribution in [3.8, 4) is 10.6 Å². The van der Waals surface area contributed by atoms with Crippen LogP contribution < -0.4 is 5.32 Å². The minimum Gasteiger partial charge on any atom is -0.379 e. The van der Waals surface area contributed by atoms with Crippen molar-refractivity contribution in [2.45, 2.75) is 6.42 Å². The molecule has 1 N–H and O–H groups in total. The van der Waals surface area contributed by atoms with Crippen LogP contribution in [0.3, 0.4) is 0 Å². The Balaban J connectivity index is 1.44. The van der Waals surface area contributed by atoms with Gasteiger partial charge in [0, 0.05) is 49.5 Å². The maximum Gasteiger partial charge on any atom is 0.226 e. The number of aromatic nitrogens is 2. The van der Waals surface area contributed by atoms with Crippen LogP contribution in [0.5, 0.6) is 0 Å². The smallest absolute Gasteiger partial charge is 0.226 e. The number of carbonyl (C=O) groups excluding carboxylic acids is 1. The molecule has 0 saturated carbocycles. The van der Waals surface area contributed by atoms with Crippen LogP contribution >= 0.6 is 11.3 Å². The normalized spacial score (nSPS) is 15.5. The number of nitrogens with zero attached hydrogens (tertiary/aromatic N) is 3. The van der Waals surface area contributed by atoms with Crippen LogP contribution in [0.15, 0.2) is 29.9 Å². The lowest BCUT2D eigenvalue weighted by Crippen LogP contribution is -2.41. The molecule has 7 heteroatoms. The number of rotatable bonds is 6. The van der Waals surface area contributed by atoms with Crippen LogP contribution in [0.1, 0.15) is 5.69 Å². The monoisotopic (exact) mass is 332 g/mol. The Morgan fingerprint density at radius 2 is 2.09 bits per heavy atom. The number of amides is 1. The third-order valence-electron chi connectivity index (χ3n) is 3.67. The molecular formula is C16H20N4O2S. The van der Waals surface area contributed by atoms with Crippen LogP contribution in [0.4, 0.5) is 0 Å². The molecule has 0 atom stereocenters. The molecule has 23 heavy (non-hydrogen) atoms. The predicted molar refractivity (Wildman–Crippen MR) is 89.3 cm³/mol. The number of thiazole rings is 1. The van der Waals surface area contributed by atoms with Gasteiger partial charge in [-0.05, 0) is 12.1 Å². The Morgan fingerprint density at radius 3 is 2.87 bits per heavy atom. The van der Waals surface area contributed by atoms with Gasteiger partial charge in [-0.3, -0.25) is 14.7 Å². The van der Waals surface area contributed by atoms with E-state index in [4.69, 9.17) is 4.74 Å². The average molecular weight is 332 g/mol. The van der Waals surface area contributed by atoms with Crippen LogP contribution in [-0.4, -0.2) is 60.2 Å². The molecule has 1 fully saturated rings. The molecular weight excluding hydrogens is 312 g/mol. The number of ether oxygens (including phenoxy) is 1. The third kappa shape index (κ3) is 4.82. The molecule has 1 amide bonds. The Bertz CT molecular complexity index is 626. The summed E-state index contributed by atoms with van der Waals surface area (Å²) < 4.78 is 5.30. The molecule has 6 nitrogen and oxygen atoms in total. The fourth-order valence-corrected chi connectivity index (χ4v) is 3.25. The number of nitrogens with one attached hydrogen (secondary N) is 1. The van der Waals surface area contributed by atoms with E-state index in [1.54, 1.807) is 23.7 Å². The van der Waals surface area contributed by atoms with Crippen LogP contribution in [0.2, 0.25) is 0 Å². The molecule has 0 aliphatic carbocycles. The zero-order valence-electron chi connectivity index (χ0n) is 12.9. The second-order valence-electron chi connectivity index (χ2n) is 5.36. The molecule has 3 heterocycles. The minimum atomic E-state index is 0.0184. The highest BCUT2D eigenvalue weighted by atomic mass is 32.1. The maximum atomic E-state index is 12.0. The fourth-order valence-electron chi connectivity index (χ4n) is 2.42. The molecule has 0 spiro atoms. The molecule has 0 aromatic carbocycles. The van der Waals surface area contributed by atoms with E-state index in [2.05, 4.69) is 20.2 Å². The van der Waals surface area contributed by atoms with Gasteiger partial charge in [-0.25, -0.2) is 4.98 Å². The Kier molecular flexibility index (Phi) is 5.68. The summed E-state index contributed by atoms with van der Waals surface area (Å²) in [5.41, 5.74) is 1.84. The fraction of sp³-hybridized carbons (Fsp3) is 0.438. The quantitative estimate of drug-likeness (QED) is 0.861. The first kappa shape index (κ1) is 16.0. The first-order valence-electron chi connectivity index (χ1n) is 7.73. The average Bonchev–Trinajstić information content (AvgIpc) is 3.05. The van der Waals surface area contributed by atoms with Crippen molar-refractivity contribution in [2.24, 2.45) is 0 Å². The van der Waals surface area contributed by atoms with Crippen molar-refractivity contribution < 1.29 is 9.53 Å². The van der Waals surface area contributed by atoms with Gasteiger partial charge < -0.3 is 10.1 Å². The van der Waals surface area contributed by atoms with Gasteiger partial charge in [0.15, 0.2) is 0 Å². The lowest BCUT2D eigenvalue weighted by atomic mass is 10.3. The Hall–Kier alpha value is -1.83. The highest BCUT2D eigenvalue weighted by molar-refractivity contribution is 7.13. The summed E-state index contributed by atoms with van der Waals surface area (Å²) in [6.07, 6.45) is 3.81. The van der Waals surface area contributed by atoms with Gasteiger partial charge in [-0.2, -0.15) is 0 Å². The molecule has 3 rings (SSSR count). The van der Waals surface area contributed by atoms with Gasteiger partial charge in [-0.15, -0.1) is 11.3 Å². The van der Waals surface area contributed by atoms with E-state index in [1.165, 1.54) is 0 Å². The van der Waals surface area contributed by atoms with Crippen molar-refractivity contribution in [1.82, 2.24) is 20.2 Å². The van der Waals surface area contributed by atoms with E-state index in [-0.39, 0.29) is 5.91 Å². The summed E-state index contributed by atoms with van der Waals surface area (Å²) in [5.74, 6) is 0.0184. The van der Waals surface area contributed by atoms with Gasteiger partial charge in [0.1, 0.15) is 5.01 Å². The summed E-state index contributed by atoms with van der Waals surface area (Å²) in [5, 5.41) is 5.82. The molecule has 2 aromatic rings. The van der Waals surface area contributed by atoms with E-state index in [9.17, 15) is 4.79 Å². The molecule has 1 aliphatic rings. The highest BCUT2D eigenvalue weighted by Gasteiger charge is 2.11. The molecule has 1 aliphatic heterocycles. The topological polar surface area (TPSA) is 67.4 Å². The van der Waals surface area contributed by atoms with E-state index in [0.29, 0.717) is 13.0 Å². The summed E-state index contributed by atoms with van der Waals surface area (Å²) in [6, 6.07) is 3.84.